The molecule has 0 radical (unpaired) electrons. The Morgan fingerprint density at radius 2 is 1.71 bits per heavy atom. The first-order valence-corrected chi connectivity index (χ1v) is 13.5. The van der Waals surface area contributed by atoms with E-state index in [4.69, 9.17) is 12.2 Å². The van der Waals surface area contributed by atoms with Gasteiger partial charge in [0.25, 0.3) is 0 Å². The van der Waals surface area contributed by atoms with Crippen LogP contribution in [-0.4, -0.2) is 27.1 Å². The minimum absolute atomic E-state index is 0.0316. The lowest BCUT2D eigenvalue weighted by Gasteiger charge is -2.36. The summed E-state index contributed by atoms with van der Waals surface area (Å²) in [5, 5.41) is 2.53. The second-order valence-corrected chi connectivity index (χ2v) is 11.4. The first-order valence-electron chi connectivity index (χ1n) is 11.2. The molecule has 2 aliphatic rings. The van der Waals surface area contributed by atoms with Crippen molar-refractivity contribution in [3.05, 3.63) is 95.6 Å². The molecule has 0 bridgehead atoms. The van der Waals surface area contributed by atoms with E-state index in [0.717, 1.165) is 22.6 Å². The zero-order valence-corrected chi connectivity index (χ0v) is 20.9. The summed E-state index contributed by atoms with van der Waals surface area (Å²) in [6.07, 6.45) is 1.05. The van der Waals surface area contributed by atoms with Crippen molar-refractivity contribution in [2.75, 3.05) is 10.7 Å². The molecule has 172 valence electrons. The van der Waals surface area contributed by atoms with Gasteiger partial charge in [0, 0.05) is 28.7 Å². The molecule has 4 nitrogen and oxygen atoms in total. The predicted molar refractivity (Wildman–Crippen MR) is 144 cm³/mol. The van der Waals surface area contributed by atoms with Gasteiger partial charge in [-0.2, -0.15) is 0 Å². The van der Waals surface area contributed by atoms with Gasteiger partial charge in [0.2, 0.25) is 11.8 Å². The maximum atomic E-state index is 13.4. The van der Waals surface area contributed by atoms with Gasteiger partial charge in [-0.05, 0) is 41.3 Å². The number of thiocarbonyl (C=S) groups is 1. The number of benzene rings is 3. The van der Waals surface area contributed by atoms with E-state index >= 15 is 0 Å². The number of thioether (sulfide) groups is 2. The Hall–Kier alpha value is -2.61. The Morgan fingerprint density at radius 3 is 2.41 bits per heavy atom. The van der Waals surface area contributed by atoms with Crippen LogP contribution in [0.2, 0.25) is 0 Å². The second-order valence-electron chi connectivity index (χ2n) is 8.43. The third-order valence-corrected chi connectivity index (χ3v) is 8.69. The normalized spacial score (nSPS) is 19.8. The lowest BCUT2D eigenvalue weighted by Crippen LogP contribution is -2.37. The minimum atomic E-state index is -0.235. The van der Waals surface area contributed by atoms with Crippen LogP contribution in [-0.2, 0) is 22.6 Å². The van der Waals surface area contributed by atoms with Gasteiger partial charge < -0.3 is 10.2 Å². The summed E-state index contributed by atoms with van der Waals surface area (Å²) in [5.74, 6) is 0.996. The quantitative estimate of drug-likeness (QED) is 0.337. The van der Waals surface area contributed by atoms with E-state index in [1.165, 1.54) is 22.2 Å². The number of amides is 2. The average Bonchev–Trinajstić information content (AvgIpc) is 3.17. The van der Waals surface area contributed by atoms with E-state index in [0.29, 0.717) is 23.7 Å². The Labute approximate surface area is 213 Å². The highest BCUT2D eigenvalue weighted by Gasteiger charge is 2.35. The van der Waals surface area contributed by atoms with Crippen molar-refractivity contribution in [1.82, 2.24) is 5.32 Å². The number of nitrogens with zero attached hydrogens (tertiary/aromatic N) is 1. The monoisotopic (exact) mass is 504 g/mol. The molecule has 1 saturated heterocycles. The Morgan fingerprint density at radius 1 is 0.971 bits per heavy atom. The van der Waals surface area contributed by atoms with E-state index in [1.54, 1.807) is 11.8 Å². The summed E-state index contributed by atoms with van der Waals surface area (Å²) in [5.41, 5.74) is 4.37. The number of nitrogens with one attached hydrogen (secondary N) is 1. The Balaban J connectivity index is 1.49. The van der Waals surface area contributed by atoms with Crippen LogP contribution in [0.1, 0.15) is 29.0 Å². The summed E-state index contributed by atoms with van der Waals surface area (Å²) in [6, 6.07) is 26.5. The van der Waals surface area contributed by atoms with Crippen LogP contribution in [0, 0.1) is 0 Å². The summed E-state index contributed by atoms with van der Waals surface area (Å²) < 4.78 is 0.539. The summed E-state index contributed by atoms with van der Waals surface area (Å²) in [6.45, 7) is 0.539. The standard InChI is InChI=1S/C27H24N2O2S3/c30-24-15-20(17-33-21-11-5-2-6-12-21)25-19(14-23-26(31)28-27(32)34-23)10-7-13-22(25)29(24)16-18-8-3-1-4-9-18/h1-13,20,23H,14-17H2,(H,28,31,32). The van der Waals surface area contributed by atoms with Crippen LogP contribution in [0.3, 0.4) is 0 Å². The van der Waals surface area contributed by atoms with Crippen LogP contribution in [0.4, 0.5) is 5.69 Å². The SMILES string of the molecule is O=C1NC(=S)SC1Cc1cccc2c1C(CSc1ccccc1)CC(=O)N2Cc1ccccc1. The molecule has 0 aromatic heterocycles. The van der Waals surface area contributed by atoms with E-state index < -0.39 is 0 Å². The lowest BCUT2D eigenvalue weighted by atomic mass is 9.85. The fraction of sp³-hybridized carbons (Fsp3) is 0.222. The molecule has 3 aromatic carbocycles. The Kier molecular flexibility index (Phi) is 7.04. The van der Waals surface area contributed by atoms with Crippen molar-refractivity contribution in [2.24, 2.45) is 0 Å². The van der Waals surface area contributed by atoms with Gasteiger partial charge >= 0.3 is 0 Å². The highest BCUT2D eigenvalue weighted by molar-refractivity contribution is 8.24. The zero-order chi connectivity index (χ0) is 23.5. The van der Waals surface area contributed by atoms with Gasteiger partial charge in [-0.3, -0.25) is 9.59 Å². The van der Waals surface area contributed by atoms with Gasteiger partial charge in [-0.1, -0.05) is 84.6 Å². The minimum Gasteiger partial charge on any atom is -0.311 e. The maximum Gasteiger partial charge on any atom is 0.239 e. The summed E-state index contributed by atoms with van der Waals surface area (Å²) >= 11 is 8.40. The molecule has 34 heavy (non-hydrogen) atoms. The first kappa shape index (κ1) is 23.1. The van der Waals surface area contributed by atoms with Crippen molar-refractivity contribution < 1.29 is 9.59 Å². The van der Waals surface area contributed by atoms with E-state index in [-0.39, 0.29) is 23.0 Å². The van der Waals surface area contributed by atoms with E-state index in [2.05, 4.69) is 35.6 Å². The van der Waals surface area contributed by atoms with Crippen molar-refractivity contribution in [3.8, 4) is 0 Å². The molecule has 1 N–H and O–H groups in total. The molecule has 0 spiro atoms. The summed E-state index contributed by atoms with van der Waals surface area (Å²) in [7, 11) is 0. The molecule has 1 fully saturated rings. The highest BCUT2D eigenvalue weighted by Crippen LogP contribution is 2.42. The molecule has 2 aliphatic heterocycles. The largest absolute Gasteiger partial charge is 0.311 e. The smallest absolute Gasteiger partial charge is 0.239 e. The van der Waals surface area contributed by atoms with Gasteiger partial charge in [0.05, 0.1) is 11.8 Å². The third kappa shape index (κ3) is 5.06. The first-order chi connectivity index (χ1) is 16.6. The molecular formula is C27H24N2O2S3. The van der Waals surface area contributed by atoms with E-state index in [1.807, 2.05) is 53.4 Å². The van der Waals surface area contributed by atoms with Crippen LogP contribution >= 0.6 is 35.7 Å². The van der Waals surface area contributed by atoms with Gasteiger partial charge in [0.15, 0.2) is 0 Å². The Bertz CT molecular complexity index is 1220. The number of fused-ring (bicyclic) bond motifs is 1. The highest BCUT2D eigenvalue weighted by atomic mass is 32.2. The molecule has 0 aliphatic carbocycles. The van der Waals surface area contributed by atoms with E-state index in [9.17, 15) is 9.59 Å². The van der Waals surface area contributed by atoms with Crippen LogP contribution in [0.15, 0.2) is 83.8 Å². The molecule has 2 amide bonds. The topological polar surface area (TPSA) is 49.4 Å². The number of carbonyl (C=O) groups is 2. The van der Waals surface area contributed by atoms with Crippen LogP contribution in [0.5, 0.6) is 0 Å². The number of hydrogen-bond donors (Lipinski definition) is 1. The molecule has 2 atom stereocenters. The number of rotatable bonds is 7. The van der Waals surface area contributed by atoms with Crippen molar-refractivity contribution in [3.63, 3.8) is 0 Å². The van der Waals surface area contributed by atoms with Gasteiger partial charge in [0.1, 0.15) is 4.32 Å². The molecular weight excluding hydrogens is 481 g/mol. The van der Waals surface area contributed by atoms with Crippen molar-refractivity contribution in [1.29, 1.82) is 0 Å². The predicted octanol–water partition coefficient (Wildman–Crippen LogP) is 5.56. The van der Waals surface area contributed by atoms with Crippen LogP contribution < -0.4 is 10.2 Å². The summed E-state index contributed by atoms with van der Waals surface area (Å²) in [4.78, 5) is 28.9. The zero-order valence-electron chi connectivity index (χ0n) is 18.5. The number of anilines is 1. The van der Waals surface area contributed by atoms with Crippen LogP contribution in [0.25, 0.3) is 0 Å². The maximum absolute atomic E-state index is 13.4. The molecule has 5 rings (SSSR count). The van der Waals surface area contributed by atoms with Gasteiger partial charge in [-0.25, -0.2) is 0 Å². The molecule has 3 aromatic rings. The molecule has 7 heteroatoms. The van der Waals surface area contributed by atoms with Crippen molar-refractivity contribution >= 4 is 57.6 Å². The number of hydrogen-bond acceptors (Lipinski definition) is 5. The molecule has 2 heterocycles. The fourth-order valence-electron chi connectivity index (χ4n) is 4.56. The second kappa shape index (κ2) is 10.3. The van der Waals surface area contributed by atoms with Crippen molar-refractivity contribution in [2.45, 2.75) is 35.4 Å². The third-order valence-electron chi connectivity index (χ3n) is 6.14. The lowest BCUT2D eigenvalue weighted by molar-refractivity contribution is -0.120. The fourth-order valence-corrected chi connectivity index (χ4v) is 6.89. The average molecular weight is 505 g/mol. The molecule has 2 unspecified atom stereocenters. The van der Waals surface area contributed by atoms with Gasteiger partial charge in [-0.15, -0.1) is 11.8 Å². The molecule has 0 saturated carbocycles. The number of carbonyl (C=O) groups excluding carboxylic acids is 2.